The normalized spacial score (nSPS) is 22.6. The van der Waals surface area contributed by atoms with Gasteiger partial charge in [-0.2, -0.15) is 5.10 Å². The second-order valence-electron chi connectivity index (χ2n) is 9.71. The van der Waals surface area contributed by atoms with Crippen molar-refractivity contribution in [2.45, 2.75) is 63.8 Å². The van der Waals surface area contributed by atoms with Crippen LogP contribution in [0.25, 0.3) is 11.3 Å². The number of nitrogens with zero attached hydrogens (tertiary/aromatic N) is 2. The van der Waals surface area contributed by atoms with Crippen LogP contribution < -0.4 is 5.32 Å². The minimum Gasteiger partial charge on any atom is -0.353 e. The van der Waals surface area contributed by atoms with Crippen LogP contribution in [0.1, 0.15) is 68.1 Å². The lowest BCUT2D eigenvalue weighted by atomic mass is 9.66. The maximum atomic E-state index is 13.6. The van der Waals surface area contributed by atoms with E-state index in [0.29, 0.717) is 23.9 Å². The summed E-state index contributed by atoms with van der Waals surface area (Å²) in [6.07, 6.45) is 11.4. The van der Waals surface area contributed by atoms with Gasteiger partial charge in [0.25, 0.3) is 5.91 Å². The van der Waals surface area contributed by atoms with Crippen molar-refractivity contribution in [2.24, 2.45) is 11.3 Å². The van der Waals surface area contributed by atoms with Gasteiger partial charge in [-0.05, 0) is 43.4 Å². The van der Waals surface area contributed by atoms with Gasteiger partial charge in [0.05, 0.1) is 17.5 Å². The lowest BCUT2D eigenvalue weighted by molar-refractivity contribution is -0.121. The zero-order valence-corrected chi connectivity index (χ0v) is 18.1. The van der Waals surface area contributed by atoms with E-state index in [4.69, 9.17) is 0 Å². The lowest BCUT2D eigenvalue weighted by Crippen LogP contribution is -2.35. The molecule has 6 nitrogen and oxygen atoms in total. The molecule has 2 heterocycles. The molecule has 2 N–H and O–H groups in total. The first-order valence-corrected chi connectivity index (χ1v) is 11.8. The Labute approximate surface area is 183 Å². The molecule has 2 aromatic rings. The summed E-state index contributed by atoms with van der Waals surface area (Å²) in [5.74, 6) is 0.635. The van der Waals surface area contributed by atoms with Gasteiger partial charge in [-0.3, -0.25) is 14.7 Å². The van der Waals surface area contributed by atoms with Crippen molar-refractivity contribution in [3.05, 3.63) is 42.1 Å². The van der Waals surface area contributed by atoms with Crippen molar-refractivity contribution in [1.29, 1.82) is 0 Å². The third kappa shape index (κ3) is 4.25. The minimum absolute atomic E-state index is 0.0579. The molecule has 1 aromatic heterocycles. The Balaban J connectivity index is 1.32. The van der Waals surface area contributed by atoms with Gasteiger partial charge in [-0.15, -0.1) is 0 Å². The van der Waals surface area contributed by atoms with Crippen LogP contribution in [0.15, 0.2) is 36.5 Å². The molecule has 1 unspecified atom stereocenters. The number of aromatic amines is 1. The summed E-state index contributed by atoms with van der Waals surface area (Å²) in [5.41, 5.74) is 2.58. The summed E-state index contributed by atoms with van der Waals surface area (Å²) in [4.78, 5) is 27.9. The zero-order chi connectivity index (χ0) is 21.3. The number of nitrogens with one attached hydrogen (secondary N) is 2. The van der Waals surface area contributed by atoms with Crippen LogP contribution in [0.4, 0.5) is 0 Å². The van der Waals surface area contributed by atoms with E-state index in [1.54, 1.807) is 6.20 Å². The molecule has 31 heavy (non-hydrogen) atoms. The monoisotopic (exact) mass is 420 g/mol. The summed E-state index contributed by atoms with van der Waals surface area (Å²) in [6, 6.07) is 10.3. The van der Waals surface area contributed by atoms with Gasteiger partial charge in [0.15, 0.2) is 0 Å². The van der Waals surface area contributed by atoms with Crippen LogP contribution in [0.2, 0.25) is 0 Å². The second-order valence-corrected chi connectivity index (χ2v) is 9.71. The first kappa shape index (κ1) is 20.3. The summed E-state index contributed by atoms with van der Waals surface area (Å²) >= 11 is 0. The van der Waals surface area contributed by atoms with Crippen molar-refractivity contribution >= 4 is 11.8 Å². The van der Waals surface area contributed by atoms with Crippen molar-refractivity contribution in [1.82, 2.24) is 20.4 Å². The minimum atomic E-state index is 0.0579. The quantitative estimate of drug-likeness (QED) is 0.737. The fourth-order valence-electron chi connectivity index (χ4n) is 5.68. The Hall–Kier alpha value is -2.63. The van der Waals surface area contributed by atoms with Crippen LogP contribution >= 0.6 is 0 Å². The number of carbonyl (C=O) groups excluding carboxylic acids is 2. The first-order valence-electron chi connectivity index (χ1n) is 11.8. The average molecular weight is 421 g/mol. The average Bonchev–Trinajstić information content (AvgIpc) is 3.35. The Morgan fingerprint density at radius 3 is 2.65 bits per heavy atom. The Kier molecular flexibility index (Phi) is 5.55. The Bertz CT molecular complexity index is 928. The zero-order valence-electron chi connectivity index (χ0n) is 18.1. The van der Waals surface area contributed by atoms with E-state index >= 15 is 0 Å². The summed E-state index contributed by atoms with van der Waals surface area (Å²) in [6.45, 7) is 1.55. The van der Waals surface area contributed by atoms with Crippen molar-refractivity contribution in [2.75, 3.05) is 13.1 Å². The maximum Gasteiger partial charge on any atom is 0.257 e. The smallest absolute Gasteiger partial charge is 0.257 e. The molecular formula is C25H32N4O2. The molecule has 5 rings (SSSR count). The number of rotatable bonds is 6. The summed E-state index contributed by atoms with van der Waals surface area (Å²) < 4.78 is 0. The number of likely N-dealkylation sites (tertiary alicyclic amines) is 1. The predicted molar refractivity (Wildman–Crippen MR) is 119 cm³/mol. The molecule has 2 saturated carbocycles. The molecule has 2 aliphatic carbocycles. The lowest BCUT2D eigenvalue weighted by Gasteiger charge is -2.38. The first-order chi connectivity index (χ1) is 15.1. The van der Waals surface area contributed by atoms with E-state index in [1.165, 1.54) is 32.1 Å². The van der Waals surface area contributed by atoms with Crippen LogP contribution in [-0.4, -0.2) is 46.0 Å². The molecule has 1 atom stereocenters. The summed E-state index contributed by atoms with van der Waals surface area (Å²) in [7, 11) is 0. The Morgan fingerprint density at radius 1 is 1.13 bits per heavy atom. The van der Waals surface area contributed by atoms with Crippen LogP contribution in [0.3, 0.4) is 0 Å². The number of amides is 2. The molecule has 1 saturated heterocycles. The van der Waals surface area contributed by atoms with Gasteiger partial charge in [0.1, 0.15) is 0 Å². The number of hydrogen-bond acceptors (Lipinski definition) is 3. The maximum absolute atomic E-state index is 13.6. The SMILES string of the molecule is O=C(CCC1CN(C(=O)c2cn[nH]c2-c2ccccc2)CC12CCCCC2)NC1CC1. The highest BCUT2D eigenvalue weighted by molar-refractivity contribution is 6.00. The van der Waals surface area contributed by atoms with Gasteiger partial charge in [0, 0.05) is 31.1 Å². The van der Waals surface area contributed by atoms with E-state index in [0.717, 1.165) is 43.6 Å². The van der Waals surface area contributed by atoms with Crippen LogP contribution in [0, 0.1) is 11.3 Å². The predicted octanol–water partition coefficient (Wildman–Crippen LogP) is 4.16. The van der Waals surface area contributed by atoms with Crippen molar-refractivity contribution in [3.8, 4) is 11.3 Å². The highest BCUT2D eigenvalue weighted by Crippen LogP contribution is 2.49. The Morgan fingerprint density at radius 2 is 1.90 bits per heavy atom. The fourth-order valence-corrected chi connectivity index (χ4v) is 5.68. The largest absolute Gasteiger partial charge is 0.353 e. The highest BCUT2D eigenvalue weighted by atomic mass is 16.2. The topological polar surface area (TPSA) is 78.1 Å². The third-order valence-corrected chi connectivity index (χ3v) is 7.54. The molecule has 0 radical (unpaired) electrons. The van der Waals surface area contributed by atoms with Gasteiger partial charge >= 0.3 is 0 Å². The molecule has 1 aromatic carbocycles. The molecule has 1 aliphatic heterocycles. The number of benzene rings is 1. The number of H-pyrrole nitrogens is 1. The van der Waals surface area contributed by atoms with E-state index in [2.05, 4.69) is 15.5 Å². The number of carbonyl (C=O) groups is 2. The van der Waals surface area contributed by atoms with Gasteiger partial charge in [-0.1, -0.05) is 49.6 Å². The fraction of sp³-hybridized carbons (Fsp3) is 0.560. The van der Waals surface area contributed by atoms with E-state index in [1.807, 2.05) is 35.2 Å². The van der Waals surface area contributed by atoms with Gasteiger partial charge in [-0.25, -0.2) is 0 Å². The highest BCUT2D eigenvalue weighted by Gasteiger charge is 2.48. The molecule has 2 amide bonds. The van der Waals surface area contributed by atoms with Gasteiger partial charge < -0.3 is 10.2 Å². The molecule has 164 valence electrons. The standard InChI is InChI=1S/C25H32N4O2/c30-22(27-20-10-11-20)12-9-19-16-29(17-25(19)13-5-2-6-14-25)24(31)21-15-26-28-23(21)18-7-3-1-4-8-18/h1,3-4,7-8,15,19-20H,2,5-6,9-14,16-17H2,(H,26,28)(H,27,30). The molecular weight excluding hydrogens is 388 g/mol. The van der Waals surface area contributed by atoms with Crippen molar-refractivity contribution in [3.63, 3.8) is 0 Å². The number of aromatic nitrogens is 2. The summed E-state index contributed by atoms with van der Waals surface area (Å²) in [5, 5.41) is 10.3. The van der Waals surface area contributed by atoms with E-state index in [-0.39, 0.29) is 17.2 Å². The molecule has 0 bridgehead atoms. The van der Waals surface area contributed by atoms with Gasteiger partial charge in [0.2, 0.25) is 5.91 Å². The number of hydrogen-bond donors (Lipinski definition) is 2. The molecule has 3 fully saturated rings. The van der Waals surface area contributed by atoms with Crippen molar-refractivity contribution < 1.29 is 9.59 Å². The van der Waals surface area contributed by atoms with Crippen LogP contribution in [0.5, 0.6) is 0 Å². The molecule has 1 spiro atoms. The van der Waals surface area contributed by atoms with E-state index in [9.17, 15) is 9.59 Å². The van der Waals surface area contributed by atoms with E-state index < -0.39 is 0 Å². The molecule has 6 heteroatoms. The molecule has 3 aliphatic rings. The van der Waals surface area contributed by atoms with Crippen LogP contribution in [-0.2, 0) is 4.79 Å². The third-order valence-electron chi connectivity index (χ3n) is 7.54. The second kappa shape index (κ2) is 8.48.